The number of aromatic amines is 2. The molecule has 67 heavy (non-hydrogen) atoms. The Balaban J connectivity index is 0.853. The molecular formula is C53H62N8O6. The first-order valence-corrected chi connectivity index (χ1v) is 24.5. The molecule has 4 amide bonds. The minimum Gasteiger partial charge on any atom is -0.453 e. The maximum absolute atomic E-state index is 14.1. The molecule has 4 heterocycles. The highest BCUT2D eigenvalue weighted by molar-refractivity contribution is 5.89. The highest BCUT2D eigenvalue weighted by Crippen LogP contribution is 2.56. The van der Waals surface area contributed by atoms with E-state index in [2.05, 4.69) is 75.2 Å². The fraction of sp³-hybridized carbons (Fsp3) is 0.509. The summed E-state index contributed by atoms with van der Waals surface area (Å²) in [5, 5.41) is 5.55. The summed E-state index contributed by atoms with van der Waals surface area (Å²) in [5.74, 6) is 2.11. The van der Waals surface area contributed by atoms with E-state index in [1.54, 1.807) is 0 Å². The number of piperidine rings is 2. The van der Waals surface area contributed by atoms with Gasteiger partial charge >= 0.3 is 12.2 Å². The Morgan fingerprint density at radius 1 is 0.672 bits per heavy atom. The van der Waals surface area contributed by atoms with Gasteiger partial charge in [-0.25, -0.2) is 19.6 Å². The molecule has 2 aromatic heterocycles. The highest BCUT2D eigenvalue weighted by atomic mass is 16.5. The number of H-pyrrole nitrogens is 2. The normalized spacial score (nSPS) is 25.0. The lowest BCUT2D eigenvalue weighted by molar-refractivity contribution is -0.137. The van der Waals surface area contributed by atoms with Crippen molar-refractivity contribution in [2.24, 2.45) is 29.1 Å². The fourth-order valence-corrected chi connectivity index (χ4v) is 12.5. The molecular weight excluding hydrogens is 845 g/mol. The van der Waals surface area contributed by atoms with Crippen molar-refractivity contribution in [2.45, 2.75) is 128 Å². The number of likely N-dealkylation sites (tertiary alicyclic amines) is 2. The zero-order valence-electron chi connectivity index (χ0n) is 39.4. The maximum atomic E-state index is 14.1. The van der Waals surface area contributed by atoms with Gasteiger partial charge in [0.1, 0.15) is 23.7 Å². The van der Waals surface area contributed by atoms with E-state index in [0.29, 0.717) is 17.3 Å². The van der Waals surface area contributed by atoms with Gasteiger partial charge in [0.25, 0.3) is 0 Å². The largest absolute Gasteiger partial charge is 0.453 e. The van der Waals surface area contributed by atoms with Gasteiger partial charge in [0.05, 0.1) is 49.2 Å². The standard InChI is InChI=1S/C53H62N8O6/c1-27(2)45(58-51(64)66-5)49(62)60-41-20-32(41)22-43(60)47-54-26-40(57-47)30-11-9-29(10-12-30)34-14-15-35(37-25-53(24-36(34)37)17-7-8-18-53)31-13-16-38-39(19-31)56-48(55-38)44-23-33-21-42(33)61(44)50(63)46(28(3)4)59-52(65)67-6/h9-16,19,26-28,32-33,41-46H,7-8,17-18,20-25H2,1-6H3,(H,54,57)(H,55,56)(H,58,64)(H,59,65)/t32?,33?,41?,42?,43-,44-,45-,46-/m0/s1. The predicted octanol–water partition coefficient (Wildman–Crippen LogP) is 9.03. The first-order valence-electron chi connectivity index (χ1n) is 24.5. The van der Waals surface area contributed by atoms with Crippen LogP contribution in [0.4, 0.5) is 9.59 Å². The molecule has 14 nitrogen and oxygen atoms in total. The lowest BCUT2D eigenvalue weighted by Crippen LogP contribution is -2.52. The molecule has 4 unspecified atom stereocenters. The molecule has 2 aliphatic heterocycles. The molecule has 1 spiro atoms. The van der Waals surface area contributed by atoms with Gasteiger partial charge in [0.2, 0.25) is 11.8 Å². The van der Waals surface area contributed by atoms with Crippen LogP contribution in [0.5, 0.6) is 0 Å². The third-order valence-corrected chi connectivity index (χ3v) is 16.2. The van der Waals surface area contributed by atoms with Gasteiger partial charge in [-0.1, -0.05) is 83.0 Å². The SMILES string of the molecule is COC(=O)N[C@H](C(=O)N1C2CC2C[C@H]1c1ncc(-c2ccc(-c3ccc(-c4ccc5nc([C@@H]6CC7CC7N6C(=O)[C@@H](NC(=O)OC)C(C)C)[nH]c5c4)c4c3CC3(CCCC3)C4)cc2)[nH]1)C(C)C. The summed E-state index contributed by atoms with van der Waals surface area (Å²) >= 11 is 0. The molecule has 3 aromatic carbocycles. The molecule has 3 saturated carbocycles. The Kier molecular flexibility index (Phi) is 10.7. The van der Waals surface area contributed by atoms with Crippen molar-refractivity contribution in [1.29, 1.82) is 0 Å². The monoisotopic (exact) mass is 906 g/mol. The number of aromatic nitrogens is 4. The van der Waals surface area contributed by atoms with E-state index < -0.39 is 24.3 Å². The van der Waals surface area contributed by atoms with Crippen molar-refractivity contribution >= 4 is 35.0 Å². The number of amides is 4. The predicted molar refractivity (Wildman–Crippen MR) is 253 cm³/mol. The van der Waals surface area contributed by atoms with Crippen LogP contribution in [0.2, 0.25) is 0 Å². The topological polar surface area (TPSA) is 175 Å². The molecule has 0 radical (unpaired) electrons. The zero-order valence-corrected chi connectivity index (χ0v) is 39.4. The van der Waals surface area contributed by atoms with Gasteiger partial charge in [-0.2, -0.15) is 0 Å². The minimum atomic E-state index is -0.678. The smallest absolute Gasteiger partial charge is 0.407 e. The summed E-state index contributed by atoms with van der Waals surface area (Å²) in [6.45, 7) is 7.76. The summed E-state index contributed by atoms with van der Waals surface area (Å²) in [6, 6.07) is 18.6. The van der Waals surface area contributed by atoms with Crippen LogP contribution in [0, 0.1) is 29.1 Å². The average molecular weight is 907 g/mol. The Hall–Kier alpha value is -6.18. The number of benzene rings is 3. The first kappa shape index (κ1) is 43.4. The van der Waals surface area contributed by atoms with Crippen molar-refractivity contribution in [2.75, 3.05) is 14.2 Å². The number of hydrogen-bond donors (Lipinski definition) is 4. The van der Waals surface area contributed by atoms with E-state index in [1.165, 1.54) is 67.7 Å². The lowest BCUT2D eigenvalue weighted by atomic mass is 9.82. The molecule has 2 saturated heterocycles. The van der Waals surface area contributed by atoms with Crippen LogP contribution in [-0.4, -0.2) is 92.1 Å². The Morgan fingerprint density at radius 2 is 1.19 bits per heavy atom. The van der Waals surface area contributed by atoms with Gasteiger partial charge in [0.15, 0.2) is 0 Å². The van der Waals surface area contributed by atoms with Crippen molar-refractivity contribution in [3.8, 4) is 33.5 Å². The second-order valence-electron chi connectivity index (χ2n) is 21.1. The second kappa shape index (κ2) is 16.6. The summed E-state index contributed by atoms with van der Waals surface area (Å²) in [5.41, 5.74) is 11.9. The Labute approximate surface area is 391 Å². The molecule has 11 rings (SSSR count). The molecule has 8 atom stereocenters. The zero-order chi connectivity index (χ0) is 46.5. The van der Waals surface area contributed by atoms with Crippen molar-refractivity contribution in [3.63, 3.8) is 0 Å². The maximum Gasteiger partial charge on any atom is 0.407 e. The van der Waals surface area contributed by atoms with Gasteiger partial charge in [-0.3, -0.25) is 9.59 Å². The number of methoxy groups -OCH3 is 2. The summed E-state index contributed by atoms with van der Waals surface area (Å²) in [6.07, 6.45) is 11.5. The fourth-order valence-electron chi connectivity index (χ4n) is 12.5. The molecule has 4 aliphatic carbocycles. The molecule has 6 aliphatic rings. The number of hydrogen-bond acceptors (Lipinski definition) is 8. The van der Waals surface area contributed by atoms with Crippen LogP contribution in [-0.2, 0) is 31.9 Å². The van der Waals surface area contributed by atoms with Crippen molar-refractivity contribution < 1.29 is 28.7 Å². The number of rotatable bonds is 11. The van der Waals surface area contributed by atoms with Crippen LogP contribution < -0.4 is 10.6 Å². The van der Waals surface area contributed by atoms with E-state index in [0.717, 1.165) is 78.0 Å². The van der Waals surface area contributed by atoms with Crippen molar-refractivity contribution in [1.82, 2.24) is 40.4 Å². The summed E-state index contributed by atoms with van der Waals surface area (Å²) in [4.78, 5) is 73.5. The average Bonchev–Trinajstić information content (AvgIpc) is 3.77. The van der Waals surface area contributed by atoms with Gasteiger partial charge in [-0.15, -0.1) is 0 Å². The third-order valence-electron chi connectivity index (χ3n) is 16.2. The van der Waals surface area contributed by atoms with E-state index in [4.69, 9.17) is 19.4 Å². The quantitative estimate of drug-likeness (QED) is 0.102. The second-order valence-corrected chi connectivity index (χ2v) is 21.1. The molecule has 0 bridgehead atoms. The van der Waals surface area contributed by atoms with E-state index in [-0.39, 0.29) is 47.8 Å². The number of imidazole rings is 2. The number of carbonyl (C=O) groups excluding carboxylic acids is 4. The van der Waals surface area contributed by atoms with Gasteiger partial charge < -0.3 is 39.9 Å². The molecule has 5 fully saturated rings. The van der Waals surface area contributed by atoms with Crippen LogP contribution in [0.15, 0.2) is 60.8 Å². The van der Waals surface area contributed by atoms with Crippen LogP contribution >= 0.6 is 0 Å². The molecule has 5 aromatic rings. The summed E-state index contributed by atoms with van der Waals surface area (Å²) in [7, 11) is 2.63. The van der Waals surface area contributed by atoms with Gasteiger partial charge in [-0.05, 0) is 132 Å². The Bertz CT molecular complexity index is 2770. The Morgan fingerprint density at radius 3 is 1.75 bits per heavy atom. The highest BCUT2D eigenvalue weighted by Gasteiger charge is 2.57. The number of carbonyl (C=O) groups is 4. The lowest BCUT2D eigenvalue weighted by Gasteiger charge is -2.31. The van der Waals surface area contributed by atoms with Crippen LogP contribution in [0.3, 0.4) is 0 Å². The molecule has 4 N–H and O–H groups in total. The summed E-state index contributed by atoms with van der Waals surface area (Å²) < 4.78 is 9.71. The van der Waals surface area contributed by atoms with Crippen LogP contribution in [0.25, 0.3) is 44.5 Å². The van der Waals surface area contributed by atoms with E-state index >= 15 is 0 Å². The van der Waals surface area contributed by atoms with Gasteiger partial charge in [0, 0.05) is 12.1 Å². The minimum absolute atomic E-state index is 0.0805. The van der Waals surface area contributed by atoms with E-state index in [9.17, 15) is 19.2 Å². The van der Waals surface area contributed by atoms with E-state index in [1.807, 2.05) is 43.7 Å². The number of nitrogens with zero attached hydrogens (tertiary/aromatic N) is 4. The number of ether oxygens (including phenoxy) is 2. The number of nitrogens with one attached hydrogen (secondary N) is 4. The van der Waals surface area contributed by atoms with Crippen LogP contribution in [0.1, 0.15) is 114 Å². The molecule has 350 valence electrons. The van der Waals surface area contributed by atoms with Crippen molar-refractivity contribution in [3.05, 3.63) is 83.6 Å². The number of alkyl carbamates (subject to hydrolysis) is 2. The first-order chi connectivity index (χ1) is 32.3. The number of fused-ring (bicyclic) bond motifs is 4. The molecule has 14 heteroatoms. The third kappa shape index (κ3) is 7.64.